The Morgan fingerprint density at radius 3 is 2.04 bits per heavy atom. The summed E-state index contributed by atoms with van der Waals surface area (Å²) in [7, 11) is 0. The van der Waals surface area contributed by atoms with Gasteiger partial charge in [-0.1, -0.05) is 38.7 Å². The van der Waals surface area contributed by atoms with Crippen molar-refractivity contribution in [2.24, 2.45) is 17.8 Å². The fraction of sp³-hybridized carbons (Fsp3) is 0.727. The summed E-state index contributed by atoms with van der Waals surface area (Å²) in [4.78, 5) is 0. The molecule has 0 saturated heterocycles. The molecular weight excluding hydrogens is 375 g/mol. The van der Waals surface area contributed by atoms with E-state index in [4.69, 9.17) is 0 Å². The van der Waals surface area contributed by atoms with Crippen molar-refractivity contribution in [3.05, 3.63) is 34.9 Å². The highest BCUT2D eigenvalue weighted by Gasteiger charge is 2.42. The molecule has 0 bridgehead atoms. The van der Waals surface area contributed by atoms with Crippen molar-refractivity contribution in [2.45, 2.75) is 82.9 Å². The van der Waals surface area contributed by atoms with E-state index in [2.05, 4.69) is 6.92 Å². The summed E-state index contributed by atoms with van der Waals surface area (Å²) < 4.78 is 66.6. The summed E-state index contributed by atoms with van der Waals surface area (Å²) in [6, 6.07) is 1.43. The average molecular weight is 404 g/mol. The number of halogens is 5. The van der Waals surface area contributed by atoms with Gasteiger partial charge >= 0.3 is 6.18 Å². The van der Waals surface area contributed by atoms with Gasteiger partial charge in [-0.25, -0.2) is 8.78 Å². The number of hydrogen-bond acceptors (Lipinski definition) is 1. The van der Waals surface area contributed by atoms with E-state index in [1.165, 1.54) is 38.5 Å². The first-order chi connectivity index (χ1) is 13.2. The Morgan fingerprint density at radius 2 is 1.50 bits per heavy atom. The van der Waals surface area contributed by atoms with Gasteiger partial charge in [0.2, 0.25) is 0 Å². The van der Waals surface area contributed by atoms with Gasteiger partial charge in [0.1, 0.15) is 0 Å². The summed E-state index contributed by atoms with van der Waals surface area (Å²) in [5.41, 5.74) is -3.57. The van der Waals surface area contributed by atoms with Crippen LogP contribution in [0.2, 0.25) is 0 Å². The zero-order valence-electron chi connectivity index (χ0n) is 16.3. The first-order valence-electron chi connectivity index (χ1n) is 10.4. The highest BCUT2D eigenvalue weighted by atomic mass is 19.4. The van der Waals surface area contributed by atoms with E-state index >= 15 is 0 Å². The van der Waals surface area contributed by atoms with Crippen molar-refractivity contribution in [3.63, 3.8) is 0 Å². The molecule has 0 atom stereocenters. The highest BCUT2D eigenvalue weighted by molar-refractivity contribution is 5.32. The topological polar surface area (TPSA) is 20.2 Å². The van der Waals surface area contributed by atoms with Crippen LogP contribution >= 0.6 is 0 Å². The van der Waals surface area contributed by atoms with E-state index in [9.17, 15) is 27.1 Å². The maximum absolute atomic E-state index is 14.4. The maximum Gasteiger partial charge on any atom is 0.419 e. The molecule has 1 N–H and O–H groups in total. The van der Waals surface area contributed by atoms with Crippen molar-refractivity contribution in [2.75, 3.05) is 0 Å². The van der Waals surface area contributed by atoms with E-state index in [1.807, 2.05) is 0 Å². The van der Waals surface area contributed by atoms with Gasteiger partial charge in [0.05, 0.1) is 11.2 Å². The molecule has 0 unspecified atom stereocenters. The van der Waals surface area contributed by atoms with Crippen LogP contribution in [0.1, 0.15) is 82.3 Å². The third-order valence-corrected chi connectivity index (χ3v) is 7.00. The van der Waals surface area contributed by atoms with E-state index < -0.39 is 29.0 Å². The van der Waals surface area contributed by atoms with E-state index in [1.54, 1.807) is 0 Å². The van der Waals surface area contributed by atoms with Crippen LogP contribution < -0.4 is 0 Å². The zero-order chi connectivity index (χ0) is 20.5. The van der Waals surface area contributed by atoms with Crippen LogP contribution in [0.15, 0.2) is 12.1 Å². The molecule has 3 rings (SSSR count). The second kappa shape index (κ2) is 8.29. The molecular formula is C22H29F5O. The lowest BCUT2D eigenvalue weighted by Crippen LogP contribution is -2.35. The van der Waals surface area contributed by atoms with Crippen LogP contribution in [0.25, 0.3) is 0 Å². The molecule has 2 aliphatic rings. The van der Waals surface area contributed by atoms with Crippen LogP contribution in [-0.2, 0) is 11.8 Å². The number of rotatable bonds is 4. The van der Waals surface area contributed by atoms with Crippen molar-refractivity contribution < 1.29 is 27.1 Å². The lowest BCUT2D eigenvalue weighted by atomic mass is 9.66. The van der Waals surface area contributed by atoms with Gasteiger partial charge in [0.15, 0.2) is 11.6 Å². The quantitative estimate of drug-likeness (QED) is 0.538. The van der Waals surface area contributed by atoms with Crippen molar-refractivity contribution in [1.29, 1.82) is 0 Å². The van der Waals surface area contributed by atoms with Gasteiger partial charge in [-0.15, -0.1) is 0 Å². The minimum absolute atomic E-state index is 0.258. The number of alkyl halides is 3. The second-order valence-electron chi connectivity index (χ2n) is 8.72. The SMILES string of the molecule is CCC[C@H]1CC[C@H](C2CCC(O)(c3ccc(C(F)(F)F)c(F)c3F)CC2)CC1. The normalized spacial score (nSPS) is 31.8. The highest BCUT2D eigenvalue weighted by Crippen LogP contribution is 2.47. The Kier molecular flexibility index (Phi) is 6.38. The standard InChI is InChI=1S/C22H29F5O/c1-2-3-14-4-6-15(7-5-14)16-10-12-21(28,13-11-16)17-8-9-18(22(25,26)27)20(24)19(17)23/h8-9,14-16,28H,2-7,10-13H2,1H3/t14-,15-,16?,21?. The van der Waals surface area contributed by atoms with Crippen LogP contribution in [0.3, 0.4) is 0 Å². The van der Waals surface area contributed by atoms with Gasteiger partial charge in [-0.2, -0.15) is 13.2 Å². The monoisotopic (exact) mass is 404 g/mol. The van der Waals surface area contributed by atoms with Gasteiger partial charge in [-0.05, 0) is 62.3 Å². The summed E-state index contributed by atoms with van der Waals surface area (Å²) in [5.74, 6) is -1.63. The molecule has 2 aliphatic carbocycles. The molecule has 1 aromatic rings. The van der Waals surface area contributed by atoms with Crippen LogP contribution in [0, 0.1) is 29.4 Å². The van der Waals surface area contributed by atoms with Crippen molar-refractivity contribution in [1.82, 2.24) is 0 Å². The fourth-order valence-corrected chi connectivity index (χ4v) is 5.34. The molecule has 0 spiro atoms. The van der Waals surface area contributed by atoms with E-state index in [-0.39, 0.29) is 18.4 Å². The molecule has 0 aliphatic heterocycles. The molecule has 2 saturated carbocycles. The fourth-order valence-electron chi connectivity index (χ4n) is 5.34. The summed E-state index contributed by atoms with van der Waals surface area (Å²) in [6.45, 7) is 2.21. The molecule has 1 aromatic carbocycles. The third kappa shape index (κ3) is 4.37. The Hall–Kier alpha value is -1.17. The minimum Gasteiger partial charge on any atom is -0.385 e. The molecule has 0 heterocycles. The Bertz CT molecular complexity index is 668. The predicted molar refractivity (Wildman–Crippen MR) is 97.6 cm³/mol. The van der Waals surface area contributed by atoms with Gasteiger partial charge in [0, 0.05) is 5.56 Å². The van der Waals surface area contributed by atoms with Gasteiger partial charge in [0.25, 0.3) is 0 Å². The maximum atomic E-state index is 14.4. The molecule has 0 radical (unpaired) electrons. The zero-order valence-corrected chi connectivity index (χ0v) is 16.3. The predicted octanol–water partition coefficient (Wildman–Crippen LogP) is 6.97. The largest absolute Gasteiger partial charge is 0.419 e. The first-order valence-corrected chi connectivity index (χ1v) is 10.4. The molecule has 1 nitrogen and oxygen atoms in total. The number of hydrogen-bond donors (Lipinski definition) is 1. The summed E-state index contributed by atoms with van der Waals surface area (Å²) >= 11 is 0. The molecule has 0 aromatic heterocycles. The molecule has 2 fully saturated rings. The van der Waals surface area contributed by atoms with Gasteiger partial charge < -0.3 is 5.11 Å². The third-order valence-electron chi connectivity index (χ3n) is 7.00. The smallest absolute Gasteiger partial charge is 0.385 e. The number of benzene rings is 1. The van der Waals surface area contributed by atoms with Crippen LogP contribution in [0.5, 0.6) is 0 Å². The average Bonchev–Trinajstić information content (AvgIpc) is 2.64. The molecule has 6 heteroatoms. The van der Waals surface area contributed by atoms with Crippen LogP contribution in [0.4, 0.5) is 22.0 Å². The first kappa shape index (κ1) is 21.5. The van der Waals surface area contributed by atoms with Crippen molar-refractivity contribution >= 4 is 0 Å². The molecule has 158 valence electrons. The van der Waals surface area contributed by atoms with E-state index in [0.717, 1.165) is 12.0 Å². The van der Waals surface area contributed by atoms with Gasteiger partial charge in [-0.3, -0.25) is 0 Å². The Labute approximate surface area is 163 Å². The molecule has 28 heavy (non-hydrogen) atoms. The molecule has 0 amide bonds. The lowest BCUT2D eigenvalue weighted by Gasteiger charge is -2.41. The van der Waals surface area contributed by atoms with Crippen molar-refractivity contribution in [3.8, 4) is 0 Å². The summed E-state index contributed by atoms with van der Waals surface area (Å²) in [6.07, 6.45) is 4.26. The van der Waals surface area contributed by atoms with E-state index in [0.29, 0.717) is 30.7 Å². The van der Waals surface area contributed by atoms with Crippen LogP contribution in [-0.4, -0.2) is 5.11 Å². The number of aliphatic hydroxyl groups is 1. The lowest BCUT2D eigenvalue weighted by molar-refractivity contribution is -0.140. The second-order valence-corrected chi connectivity index (χ2v) is 8.72. The summed E-state index contributed by atoms with van der Waals surface area (Å²) in [5, 5.41) is 10.9. The minimum atomic E-state index is -4.96. The Morgan fingerprint density at radius 1 is 0.929 bits per heavy atom. The Balaban J connectivity index is 1.66.